The highest BCUT2D eigenvalue weighted by Crippen LogP contribution is 2.28. The van der Waals surface area contributed by atoms with Crippen LogP contribution in [0.3, 0.4) is 0 Å². The van der Waals surface area contributed by atoms with Crippen LogP contribution in [0.4, 0.5) is 5.69 Å². The Balaban J connectivity index is 1.76. The van der Waals surface area contributed by atoms with E-state index >= 15 is 0 Å². The van der Waals surface area contributed by atoms with E-state index in [4.69, 9.17) is 4.74 Å². The Morgan fingerprint density at radius 1 is 1.17 bits per heavy atom. The molecule has 0 saturated carbocycles. The third kappa shape index (κ3) is 3.51. The van der Waals surface area contributed by atoms with Crippen molar-refractivity contribution >= 4 is 21.6 Å². The summed E-state index contributed by atoms with van der Waals surface area (Å²) in [5.74, 6) is 0.649. The van der Waals surface area contributed by atoms with Gasteiger partial charge in [0.1, 0.15) is 5.75 Å². The molecule has 3 rings (SSSR count). The first-order chi connectivity index (χ1) is 11.5. The number of anilines is 1. The molecule has 0 aliphatic carbocycles. The number of fused-ring (bicyclic) bond motifs is 1. The second kappa shape index (κ2) is 6.52. The summed E-state index contributed by atoms with van der Waals surface area (Å²) in [6.45, 7) is 0.582. The molecule has 2 N–H and O–H groups in total. The van der Waals surface area contributed by atoms with E-state index in [-0.39, 0.29) is 17.2 Å². The molecule has 0 spiro atoms. The van der Waals surface area contributed by atoms with Crippen LogP contribution in [0.2, 0.25) is 0 Å². The van der Waals surface area contributed by atoms with Crippen LogP contribution in [0.1, 0.15) is 11.1 Å². The first-order valence-electron chi connectivity index (χ1n) is 7.56. The number of rotatable bonds is 5. The van der Waals surface area contributed by atoms with Crippen molar-refractivity contribution in [1.29, 1.82) is 0 Å². The van der Waals surface area contributed by atoms with Crippen LogP contribution in [0, 0.1) is 0 Å². The van der Waals surface area contributed by atoms with Crippen LogP contribution in [0.5, 0.6) is 5.75 Å². The molecule has 0 bridgehead atoms. The zero-order chi connectivity index (χ0) is 17.2. The minimum absolute atomic E-state index is 0.0938. The number of hydrogen-bond donors (Lipinski definition) is 2. The lowest BCUT2D eigenvalue weighted by atomic mass is 10.1. The molecule has 0 unspecified atom stereocenters. The van der Waals surface area contributed by atoms with Crippen LogP contribution in [-0.2, 0) is 27.7 Å². The summed E-state index contributed by atoms with van der Waals surface area (Å²) < 4.78 is 32.9. The van der Waals surface area contributed by atoms with E-state index in [1.54, 1.807) is 43.4 Å². The second-order valence-electron chi connectivity index (χ2n) is 5.52. The zero-order valence-corrected chi connectivity index (χ0v) is 14.0. The highest BCUT2D eigenvalue weighted by molar-refractivity contribution is 7.92. The van der Waals surface area contributed by atoms with Gasteiger partial charge in [-0.3, -0.25) is 9.52 Å². The molecule has 6 nitrogen and oxygen atoms in total. The standard InChI is InChI=1S/C17H18N2O4S/c1-18-17(20)10-12-2-4-14(5-3-12)19-24(21,22)15-6-7-16-13(11-15)8-9-23-16/h2-7,11,19H,8-10H2,1H3,(H,18,20). The number of benzene rings is 2. The van der Waals surface area contributed by atoms with Gasteiger partial charge in [-0.25, -0.2) is 8.42 Å². The normalized spacial score (nSPS) is 13.0. The molecular formula is C17H18N2O4S. The van der Waals surface area contributed by atoms with Gasteiger partial charge in [-0.15, -0.1) is 0 Å². The van der Waals surface area contributed by atoms with Crippen molar-refractivity contribution in [1.82, 2.24) is 5.32 Å². The summed E-state index contributed by atoms with van der Waals surface area (Å²) in [4.78, 5) is 11.5. The highest BCUT2D eigenvalue weighted by Gasteiger charge is 2.19. The van der Waals surface area contributed by atoms with E-state index in [1.165, 1.54) is 6.07 Å². The van der Waals surface area contributed by atoms with E-state index in [2.05, 4.69) is 10.0 Å². The van der Waals surface area contributed by atoms with Gasteiger partial charge in [0.25, 0.3) is 10.0 Å². The SMILES string of the molecule is CNC(=O)Cc1ccc(NS(=O)(=O)c2ccc3c(c2)CCO3)cc1. The Hall–Kier alpha value is -2.54. The Morgan fingerprint density at radius 3 is 2.62 bits per heavy atom. The van der Waals surface area contributed by atoms with Gasteiger partial charge >= 0.3 is 0 Å². The van der Waals surface area contributed by atoms with E-state index in [9.17, 15) is 13.2 Å². The van der Waals surface area contributed by atoms with Crippen molar-refractivity contribution < 1.29 is 17.9 Å². The molecule has 0 fully saturated rings. The average molecular weight is 346 g/mol. The molecule has 0 atom stereocenters. The fourth-order valence-electron chi connectivity index (χ4n) is 2.51. The predicted octanol–water partition coefficient (Wildman–Crippen LogP) is 1.71. The molecule has 1 amide bonds. The van der Waals surface area contributed by atoms with Crippen molar-refractivity contribution in [3.63, 3.8) is 0 Å². The quantitative estimate of drug-likeness (QED) is 0.863. The lowest BCUT2D eigenvalue weighted by Crippen LogP contribution is -2.19. The smallest absolute Gasteiger partial charge is 0.261 e. The lowest BCUT2D eigenvalue weighted by Gasteiger charge is -2.10. The van der Waals surface area contributed by atoms with Gasteiger partial charge in [0.15, 0.2) is 0 Å². The van der Waals surface area contributed by atoms with Gasteiger partial charge in [0.2, 0.25) is 5.91 Å². The summed E-state index contributed by atoms with van der Waals surface area (Å²) in [7, 11) is -2.08. The Morgan fingerprint density at radius 2 is 1.92 bits per heavy atom. The predicted molar refractivity (Wildman–Crippen MR) is 90.7 cm³/mol. The van der Waals surface area contributed by atoms with Crippen LogP contribution < -0.4 is 14.8 Å². The van der Waals surface area contributed by atoms with Crippen molar-refractivity contribution in [2.75, 3.05) is 18.4 Å². The van der Waals surface area contributed by atoms with Crippen molar-refractivity contribution in [2.45, 2.75) is 17.7 Å². The minimum Gasteiger partial charge on any atom is -0.493 e. The molecule has 24 heavy (non-hydrogen) atoms. The van der Waals surface area contributed by atoms with E-state index in [1.807, 2.05) is 0 Å². The maximum Gasteiger partial charge on any atom is 0.261 e. The lowest BCUT2D eigenvalue weighted by molar-refractivity contribution is -0.119. The summed E-state index contributed by atoms with van der Waals surface area (Å²) in [5, 5.41) is 2.55. The van der Waals surface area contributed by atoms with E-state index < -0.39 is 10.0 Å². The number of sulfonamides is 1. The average Bonchev–Trinajstić information content (AvgIpc) is 3.04. The molecule has 1 aliphatic heterocycles. The first-order valence-corrected chi connectivity index (χ1v) is 9.04. The monoisotopic (exact) mass is 346 g/mol. The van der Waals surface area contributed by atoms with Gasteiger partial charge in [0.05, 0.1) is 17.9 Å². The topological polar surface area (TPSA) is 84.5 Å². The Labute approximate surface area is 140 Å². The van der Waals surface area contributed by atoms with Gasteiger partial charge in [-0.2, -0.15) is 0 Å². The number of ether oxygens (including phenoxy) is 1. The summed E-state index contributed by atoms with van der Waals surface area (Å²) in [6, 6.07) is 11.6. The molecule has 0 aromatic heterocycles. The number of carbonyl (C=O) groups excluding carboxylic acids is 1. The van der Waals surface area contributed by atoms with Gasteiger partial charge < -0.3 is 10.1 Å². The van der Waals surface area contributed by atoms with Crippen LogP contribution in [0.25, 0.3) is 0 Å². The third-order valence-corrected chi connectivity index (χ3v) is 5.20. The van der Waals surface area contributed by atoms with Crippen LogP contribution in [-0.4, -0.2) is 28.0 Å². The van der Waals surface area contributed by atoms with Gasteiger partial charge in [0, 0.05) is 19.2 Å². The van der Waals surface area contributed by atoms with Gasteiger partial charge in [-0.1, -0.05) is 12.1 Å². The number of amides is 1. The first kappa shape index (κ1) is 16.3. The molecule has 0 saturated heterocycles. The number of carbonyl (C=O) groups is 1. The summed E-state index contributed by atoms with van der Waals surface area (Å²) in [5.41, 5.74) is 2.16. The van der Waals surface area contributed by atoms with Crippen LogP contribution in [0.15, 0.2) is 47.4 Å². The van der Waals surface area contributed by atoms with Crippen molar-refractivity contribution in [2.24, 2.45) is 0 Å². The highest BCUT2D eigenvalue weighted by atomic mass is 32.2. The molecule has 2 aromatic rings. The Kier molecular flexibility index (Phi) is 4.44. The maximum absolute atomic E-state index is 12.5. The minimum atomic E-state index is -3.66. The summed E-state index contributed by atoms with van der Waals surface area (Å²) in [6.07, 6.45) is 0.973. The molecule has 7 heteroatoms. The molecule has 1 aliphatic rings. The summed E-state index contributed by atoms with van der Waals surface area (Å²) >= 11 is 0. The second-order valence-corrected chi connectivity index (χ2v) is 7.20. The molecule has 126 valence electrons. The van der Waals surface area contributed by atoms with Crippen LogP contribution >= 0.6 is 0 Å². The molecule has 0 radical (unpaired) electrons. The van der Waals surface area contributed by atoms with Gasteiger partial charge in [-0.05, 0) is 41.5 Å². The van der Waals surface area contributed by atoms with Crippen molar-refractivity contribution in [3.05, 3.63) is 53.6 Å². The van der Waals surface area contributed by atoms with Crippen molar-refractivity contribution in [3.8, 4) is 5.75 Å². The van der Waals surface area contributed by atoms with E-state index in [0.717, 1.165) is 16.9 Å². The van der Waals surface area contributed by atoms with E-state index in [0.29, 0.717) is 18.7 Å². The number of hydrogen-bond acceptors (Lipinski definition) is 4. The molecule has 2 aromatic carbocycles. The molecular weight excluding hydrogens is 328 g/mol. The number of nitrogens with one attached hydrogen (secondary N) is 2. The number of likely N-dealkylation sites (N-methyl/N-ethyl adjacent to an activating group) is 1. The maximum atomic E-state index is 12.5. The third-order valence-electron chi connectivity index (χ3n) is 3.82. The fourth-order valence-corrected chi connectivity index (χ4v) is 3.62. The molecule has 1 heterocycles. The Bertz CT molecular complexity index is 861. The zero-order valence-electron chi connectivity index (χ0n) is 13.2. The largest absolute Gasteiger partial charge is 0.493 e. The fraction of sp³-hybridized carbons (Fsp3) is 0.235.